The quantitative estimate of drug-likeness (QED) is 0.151. The normalized spacial score (nSPS) is 14.8. The number of amides is 1. The summed E-state index contributed by atoms with van der Waals surface area (Å²) in [5.74, 6) is 2.30. The lowest BCUT2D eigenvalue weighted by molar-refractivity contribution is 0.0779. The third-order valence-electron chi connectivity index (χ3n) is 8.95. The van der Waals surface area contributed by atoms with Crippen molar-refractivity contribution in [3.8, 4) is 5.75 Å². The molecule has 0 saturated carbocycles. The number of hydrogen-bond donors (Lipinski definition) is 0. The Balaban J connectivity index is 1.11. The molecule has 3 aromatic carbocycles. The first-order valence-electron chi connectivity index (χ1n) is 15.7. The Morgan fingerprint density at radius 1 is 0.978 bits per heavy atom. The molecule has 1 amide bonds. The van der Waals surface area contributed by atoms with Gasteiger partial charge in [-0.05, 0) is 93.0 Å². The fourth-order valence-electron chi connectivity index (χ4n) is 6.40. The van der Waals surface area contributed by atoms with E-state index in [9.17, 15) is 9.59 Å². The third-order valence-corrected chi connectivity index (χ3v) is 8.95. The Kier molecular flexibility index (Phi) is 9.41. The van der Waals surface area contributed by atoms with Crippen molar-refractivity contribution in [2.75, 3.05) is 40.3 Å². The largest absolute Gasteiger partial charge is 0.497 e. The number of benzene rings is 3. The topological polar surface area (TPSA) is 80.8 Å². The van der Waals surface area contributed by atoms with Crippen molar-refractivity contribution in [1.82, 2.24) is 19.4 Å². The SMILES string of the molecule is COc1cccc(C(CCN2CCC(C(=O)c3nc4ccccc4n3Cc3ccco3)CC2)CN(C)C(=O)c2ccccc2)c1. The van der Waals surface area contributed by atoms with E-state index in [0.29, 0.717) is 24.5 Å². The van der Waals surface area contributed by atoms with Crippen molar-refractivity contribution >= 4 is 22.7 Å². The van der Waals surface area contributed by atoms with Gasteiger partial charge in [-0.1, -0.05) is 42.5 Å². The number of rotatable bonds is 12. The van der Waals surface area contributed by atoms with E-state index in [4.69, 9.17) is 14.1 Å². The van der Waals surface area contributed by atoms with Crippen LogP contribution in [0.15, 0.2) is 102 Å². The maximum Gasteiger partial charge on any atom is 0.253 e. The van der Waals surface area contributed by atoms with Crippen molar-refractivity contribution in [1.29, 1.82) is 0 Å². The Morgan fingerprint density at radius 2 is 1.76 bits per heavy atom. The van der Waals surface area contributed by atoms with Crippen LogP contribution in [-0.2, 0) is 6.54 Å². The van der Waals surface area contributed by atoms with Gasteiger partial charge >= 0.3 is 0 Å². The van der Waals surface area contributed by atoms with E-state index in [-0.39, 0.29) is 23.5 Å². The molecular weight excluding hydrogens is 564 g/mol. The second kappa shape index (κ2) is 13.9. The highest BCUT2D eigenvalue weighted by atomic mass is 16.5. The summed E-state index contributed by atoms with van der Waals surface area (Å²) in [6.07, 6.45) is 4.12. The lowest BCUT2D eigenvalue weighted by Crippen LogP contribution is -2.38. The first kappa shape index (κ1) is 30.3. The third kappa shape index (κ3) is 7.02. The molecule has 0 radical (unpaired) electrons. The number of carbonyl (C=O) groups excluding carboxylic acids is 2. The molecule has 0 spiro atoms. The number of likely N-dealkylation sites (N-methyl/N-ethyl adjacent to an activating group) is 1. The van der Waals surface area contributed by atoms with E-state index >= 15 is 0 Å². The molecule has 3 heterocycles. The molecule has 8 heteroatoms. The van der Waals surface area contributed by atoms with Gasteiger partial charge in [0.2, 0.25) is 5.78 Å². The number of fused-ring (bicyclic) bond motifs is 1. The molecule has 5 aromatic rings. The second-order valence-electron chi connectivity index (χ2n) is 11.9. The van der Waals surface area contributed by atoms with Gasteiger partial charge in [0.1, 0.15) is 11.5 Å². The molecular formula is C37H40N4O4. The maximum absolute atomic E-state index is 13.9. The van der Waals surface area contributed by atoms with Crippen LogP contribution in [0.25, 0.3) is 11.0 Å². The number of methoxy groups -OCH3 is 1. The number of aromatic nitrogens is 2. The zero-order chi connectivity index (χ0) is 31.2. The molecule has 1 unspecified atom stereocenters. The summed E-state index contributed by atoms with van der Waals surface area (Å²) in [6, 6.07) is 29.3. The number of furan rings is 1. The molecule has 1 saturated heterocycles. The standard InChI is InChI=1S/C37H40N4O4/c1-39(37(43)28-10-4-3-5-11-28)25-30(29-12-8-13-31(24-29)44-2)19-22-40-20-17-27(18-21-40)35(42)36-38-33-15-6-7-16-34(33)41(36)26-32-14-9-23-45-32/h3-16,23-24,27,30H,17-22,25-26H2,1-2H3. The van der Waals surface area contributed by atoms with Crippen LogP contribution in [0, 0.1) is 5.92 Å². The van der Waals surface area contributed by atoms with Crippen molar-refractivity contribution in [3.63, 3.8) is 0 Å². The van der Waals surface area contributed by atoms with Crippen molar-refractivity contribution in [2.45, 2.75) is 31.7 Å². The minimum atomic E-state index is -0.0720. The van der Waals surface area contributed by atoms with Crippen molar-refractivity contribution in [3.05, 3.63) is 120 Å². The number of ether oxygens (including phenoxy) is 1. The smallest absolute Gasteiger partial charge is 0.253 e. The zero-order valence-electron chi connectivity index (χ0n) is 26.0. The number of imidazole rings is 1. The van der Waals surface area contributed by atoms with Crippen LogP contribution >= 0.6 is 0 Å². The van der Waals surface area contributed by atoms with E-state index in [2.05, 4.69) is 17.0 Å². The number of likely N-dealkylation sites (tertiary alicyclic amines) is 1. The van der Waals surface area contributed by atoms with Gasteiger partial charge in [-0.15, -0.1) is 0 Å². The summed E-state index contributed by atoms with van der Waals surface area (Å²) in [7, 11) is 3.55. The van der Waals surface area contributed by atoms with E-state index in [1.165, 1.54) is 0 Å². The van der Waals surface area contributed by atoms with Gasteiger partial charge in [-0.25, -0.2) is 4.98 Å². The van der Waals surface area contributed by atoms with E-state index in [1.54, 1.807) is 13.4 Å². The Morgan fingerprint density at radius 3 is 2.51 bits per heavy atom. The summed E-state index contributed by atoms with van der Waals surface area (Å²) in [4.78, 5) is 36.1. The summed E-state index contributed by atoms with van der Waals surface area (Å²) >= 11 is 0. The number of carbonyl (C=O) groups is 2. The number of hydrogen-bond acceptors (Lipinski definition) is 6. The fourth-order valence-corrected chi connectivity index (χ4v) is 6.40. The predicted octanol–water partition coefficient (Wildman–Crippen LogP) is 6.53. The van der Waals surface area contributed by atoms with Gasteiger partial charge in [0.25, 0.3) is 5.91 Å². The molecule has 45 heavy (non-hydrogen) atoms. The number of nitrogens with zero attached hydrogens (tertiary/aromatic N) is 4. The minimum absolute atomic E-state index is 0.0147. The summed E-state index contributed by atoms with van der Waals surface area (Å²) in [5.41, 5.74) is 3.61. The number of Topliss-reactive ketones (excluding diaryl/α,β-unsaturated/α-hetero) is 1. The molecule has 2 aromatic heterocycles. The van der Waals surface area contributed by atoms with Gasteiger partial charge in [0.15, 0.2) is 5.82 Å². The lowest BCUT2D eigenvalue weighted by Gasteiger charge is -2.33. The van der Waals surface area contributed by atoms with Crippen LogP contribution < -0.4 is 4.74 Å². The maximum atomic E-state index is 13.9. The molecule has 6 rings (SSSR count). The van der Waals surface area contributed by atoms with Crippen molar-refractivity contribution in [2.24, 2.45) is 5.92 Å². The van der Waals surface area contributed by atoms with Crippen LogP contribution in [0.3, 0.4) is 0 Å². The van der Waals surface area contributed by atoms with Gasteiger partial charge in [0.05, 0.1) is 31.0 Å². The summed E-state index contributed by atoms with van der Waals surface area (Å²) in [6.45, 7) is 3.64. The molecule has 0 aliphatic carbocycles. The molecule has 1 atom stereocenters. The number of piperidine rings is 1. The van der Waals surface area contributed by atoms with Gasteiger partial charge < -0.3 is 23.5 Å². The zero-order valence-corrected chi connectivity index (χ0v) is 26.0. The van der Waals surface area contributed by atoms with Gasteiger partial charge in [0, 0.05) is 31.0 Å². The van der Waals surface area contributed by atoms with E-state index in [0.717, 1.165) is 67.0 Å². The fraction of sp³-hybridized carbons (Fsp3) is 0.324. The van der Waals surface area contributed by atoms with Crippen LogP contribution in [-0.4, -0.2) is 71.4 Å². The first-order valence-corrected chi connectivity index (χ1v) is 15.7. The van der Waals surface area contributed by atoms with Gasteiger partial charge in [-0.2, -0.15) is 0 Å². The Hall–Kier alpha value is -4.69. The van der Waals surface area contributed by atoms with Crippen LogP contribution in [0.1, 0.15) is 57.5 Å². The Bertz CT molecular complexity index is 1720. The Labute approximate surface area is 264 Å². The number of ketones is 1. The highest BCUT2D eigenvalue weighted by molar-refractivity contribution is 5.98. The first-order chi connectivity index (χ1) is 22.0. The summed E-state index contributed by atoms with van der Waals surface area (Å²) in [5, 5.41) is 0. The number of para-hydroxylation sites is 2. The molecule has 1 aliphatic rings. The molecule has 8 nitrogen and oxygen atoms in total. The average Bonchev–Trinajstić information content (AvgIpc) is 3.75. The van der Waals surface area contributed by atoms with Crippen LogP contribution in [0.2, 0.25) is 0 Å². The average molecular weight is 605 g/mol. The lowest BCUT2D eigenvalue weighted by atomic mass is 9.90. The van der Waals surface area contributed by atoms with E-state index in [1.807, 2.05) is 95.4 Å². The molecule has 0 bridgehead atoms. The minimum Gasteiger partial charge on any atom is -0.497 e. The highest BCUT2D eigenvalue weighted by Gasteiger charge is 2.30. The molecule has 1 fully saturated rings. The predicted molar refractivity (Wildman–Crippen MR) is 175 cm³/mol. The van der Waals surface area contributed by atoms with Crippen LogP contribution in [0.4, 0.5) is 0 Å². The highest BCUT2D eigenvalue weighted by Crippen LogP contribution is 2.29. The molecule has 232 valence electrons. The molecule has 0 N–H and O–H groups in total. The monoisotopic (exact) mass is 604 g/mol. The second-order valence-corrected chi connectivity index (χ2v) is 11.9. The van der Waals surface area contributed by atoms with Gasteiger partial charge in [-0.3, -0.25) is 9.59 Å². The molecule has 1 aliphatic heterocycles. The van der Waals surface area contributed by atoms with Crippen molar-refractivity contribution < 1.29 is 18.7 Å². The van der Waals surface area contributed by atoms with Crippen LogP contribution in [0.5, 0.6) is 5.75 Å². The van der Waals surface area contributed by atoms with E-state index < -0.39 is 0 Å². The summed E-state index contributed by atoms with van der Waals surface area (Å²) < 4.78 is 13.1.